The Labute approximate surface area is 127 Å². The van der Waals surface area contributed by atoms with E-state index >= 15 is 0 Å². The van der Waals surface area contributed by atoms with Crippen LogP contribution in [0.3, 0.4) is 0 Å². The minimum Gasteiger partial charge on any atom is -0.376 e. The third-order valence-electron chi connectivity index (χ3n) is 3.92. The molecule has 1 amide bonds. The number of ether oxygens (including phenoxy) is 1. The molecule has 21 heavy (non-hydrogen) atoms. The molecule has 0 bridgehead atoms. The lowest BCUT2D eigenvalue weighted by Crippen LogP contribution is -2.35. The normalized spacial score (nSPS) is 15.9. The van der Waals surface area contributed by atoms with Crippen molar-refractivity contribution < 1.29 is 9.53 Å². The standard InChI is InChI=1S/C17H26N2O2/c1-13-3-4-14(2)15(11-13)12-17(20)19-9-10-21-16-5-7-18-8-6-16/h3-4,11,16,18H,5-10,12H2,1-2H3,(H,19,20). The van der Waals surface area contributed by atoms with Gasteiger partial charge in [-0.3, -0.25) is 4.79 Å². The van der Waals surface area contributed by atoms with Gasteiger partial charge in [0.25, 0.3) is 0 Å². The summed E-state index contributed by atoms with van der Waals surface area (Å²) in [5.74, 6) is 0.0672. The summed E-state index contributed by atoms with van der Waals surface area (Å²) in [6, 6.07) is 6.22. The third kappa shape index (κ3) is 5.48. The Morgan fingerprint density at radius 2 is 2.10 bits per heavy atom. The van der Waals surface area contributed by atoms with E-state index in [1.807, 2.05) is 13.8 Å². The Morgan fingerprint density at radius 1 is 1.33 bits per heavy atom. The van der Waals surface area contributed by atoms with Crippen molar-refractivity contribution in [3.05, 3.63) is 34.9 Å². The maximum Gasteiger partial charge on any atom is 0.224 e. The zero-order chi connectivity index (χ0) is 15.1. The number of rotatable bonds is 6. The van der Waals surface area contributed by atoms with Crippen molar-refractivity contribution in [1.29, 1.82) is 0 Å². The molecule has 0 saturated carbocycles. The van der Waals surface area contributed by atoms with E-state index in [4.69, 9.17) is 4.74 Å². The van der Waals surface area contributed by atoms with Crippen molar-refractivity contribution in [2.75, 3.05) is 26.2 Å². The second-order valence-electron chi connectivity index (χ2n) is 5.78. The molecule has 116 valence electrons. The van der Waals surface area contributed by atoms with E-state index in [-0.39, 0.29) is 5.91 Å². The van der Waals surface area contributed by atoms with E-state index in [0.717, 1.165) is 31.5 Å². The Bertz CT molecular complexity index is 468. The van der Waals surface area contributed by atoms with Crippen molar-refractivity contribution in [2.24, 2.45) is 0 Å². The number of benzene rings is 1. The van der Waals surface area contributed by atoms with Gasteiger partial charge in [0, 0.05) is 6.54 Å². The molecule has 1 saturated heterocycles. The van der Waals surface area contributed by atoms with Crippen LogP contribution in [0.1, 0.15) is 29.5 Å². The molecule has 1 aromatic rings. The molecule has 1 aliphatic rings. The molecule has 4 heteroatoms. The van der Waals surface area contributed by atoms with Crippen LogP contribution in [0.25, 0.3) is 0 Å². The molecule has 0 unspecified atom stereocenters. The van der Waals surface area contributed by atoms with Crippen LogP contribution in [-0.2, 0) is 16.0 Å². The second kappa shape index (κ2) is 8.15. The van der Waals surface area contributed by atoms with Crippen LogP contribution in [0.2, 0.25) is 0 Å². The fourth-order valence-electron chi connectivity index (χ4n) is 2.60. The van der Waals surface area contributed by atoms with E-state index in [1.54, 1.807) is 0 Å². The van der Waals surface area contributed by atoms with E-state index < -0.39 is 0 Å². The largest absolute Gasteiger partial charge is 0.376 e. The van der Waals surface area contributed by atoms with Gasteiger partial charge in [0.1, 0.15) is 0 Å². The summed E-state index contributed by atoms with van der Waals surface area (Å²) in [5.41, 5.74) is 3.46. The Hall–Kier alpha value is -1.39. The highest BCUT2D eigenvalue weighted by molar-refractivity contribution is 5.78. The van der Waals surface area contributed by atoms with Crippen molar-refractivity contribution in [3.63, 3.8) is 0 Å². The summed E-state index contributed by atoms with van der Waals surface area (Å²) in [7, 11) is 0. The number of hydrogen-bond donors (Lipinski definition) is 2. The quantitative estimate of drug-likeness (QED) is 0.785. The number of carbonyl (C=O) groups is 1. The van der Waals surface area contributed by atoms with Crippen molar-refractivity contribution in [3.8, 4) is 0 Å². The van der Waals surface area contributed by atoms with Crippen molar-refractivity contribution in [1.82, 2.24) is 10.6 Å². The lowest BCUT2D eigenvalue weighted by Gasteiger charge is -2.22. The molecule has 1 aromatic carbocycles. The second-order valence-corrected chi connectivity index (χ2v) is 5.78. The number of nitrogens with one attached hydrogen (secondary N) is 2. The average molecular weight is 290 g/mol. The first kappa shape index (κ1) is 16.0. The Morgan fingerprint density at radius 3 is 2.86 bits per heavy atom. The van der Waals surface area contributed by atoms with Gasteiger partial charge in [0.2, 0.25) is 5.91 Å². The van der Waals surface area contributed by atoms with Gasteiger partial charge in [-0.2, -0.15) is 0 Å². The molecule has 2 N–H and O–H groups in total. The summed E-state index contributed by atoms with van der Waals surface area (Å²) >= 11 is 0. The molecule has 0 atom stereocenters. The SMILES string of the molecule is Cc1ccc(C)c(CC(=O)NCCOC2CCNCC2)c1. The zero-order valence-electron chi connectivity index (χ0n) is 13.1. The molecule has 0 aliphatic carbocycles. The van der Waals surface area contributed by atoms with Crippen LogP contribution >= 0.6 is 0 Å². The number of amides is 1. The van der Waals surface area contributed by atoms with E-state index in [9.17, 15) is 4.79 Å². The fraction of sp³-hybridized carbons (Fsp3) is 0.588. The summed E-state index contributed by atoms with van der Waals surface area (Å²) in [4.78, 5) is 12.0. The minimum atomic E-state index is 0.0672. The molecule has 2 rings (SSSR count). The van der Waals surface area contributed by atoms with E-state index in [2.05, 4.69) is 28.8 Å². The van der Waals surface area contributed by atoms with E-state index in [0.29, 0.717) is 25.7 Å². The molecule has 1 aliphatic heterocycles. The molecule has 0 radical (unpaired) electrons. The maximum atomic E-state index is 12.0. The number of piperidine rings is 1. The van der Waals surface area contributed by atoms with E-state index in [1.165, 1.54) is 11.1 Å². The summed E-state index contributed by atoms with van der Waals surface area (Å²) in [5, 5.41) is 6.25. The molecule has 0 aromatic heterocycles. The van der Waals surface area contributed by atoms with Crippen LogP contribution in [0.15, 0.2) is 18.2 Å². The molecule has 0 spiro atoms. The zero-order valence-corrected chi connectivity index (χ0v) is 13.1. The third-order valence-corrected chi connectivity index (χ3v) is 3.92. The summed E-state index contributed by atoms with van der Waals surface area (Å²) < 4.78 is 5.77. The van der Waals surface area contributed by atoms with Crippen molar-refractivity contribution >= 4 is 5.91 Å². The van der Waals surface area contributed by atoms with Gasteiger partial charge in [-0.1, -0.05) is 23.8 Å². The average Bonchev–Trinajstić information content (AvgIpc) is 2.48. The lowest BCUT2D eigenvalue weighted by molar-refractivity contribution is -0.120. The van der Waals surface area contributed by atoms with Crippen molar-refractivity contribution in [2.45, 2.75) is 39.2 Å². The summed E-state index contributed by atoms with van der Waals surface area (Å²) in [6.07, 6.45) is 2.93. The highest BCUT2D eigenvalue weighted by atomic mass is 16.5. The van der Waals surface area contributed by atoms with Crippen LogP contribution in [-0.4, -0.2) is 38.3 Å². The Balaban J connectivity index is 1.66. The highest BCUT2D eigenvalue weighted by Crippen LogP contribution is 2.11. The monoisotopic (exact) mass is 290 g/mol. The predicted octanol–water partition coefficient (Wildman–Crippen LogP) is 1.73. The van der Waals surface area contributed by atoms with Gasteiger partial charge in [-0.25, -0.2) is 0 Å². The van der Waals surface area contributed by atoms with Crippen LogP contribution in [0.5, 0.6) is 0 Å². The smallest absolute Gasteiger partial charge is 0.224 e. The minimum absolute atomic E-state index is 0.0672. The number of carbonyl (C=O) groups excluding carboxylic acids is 1. The Kier molecular flexibility index (Phi) is 6.21. The fourth-order valence-corrected chi connectivity index (χ4v) is 2.60. The van der Waals surface area contributed by atoms with Gasteiger partial charge >= 0.3 is 0 Å². The number of hydrogen-bond acceptors (Lipinski definition) is 3. The first-order valence-corrected chi connectivity index (χ1v) is 7.80. The highest BCUT2D eigenvalue weighted by Gasteiger charge is 2.13. The topological polar surface area (TPSA) is 50.4 Å². The molecular formula is C17H26N2O2. The van der Waals surface area contributed by atoms with Crippen LogP contribution in [0.4, 0.5) is 0 Å². The lowest BCUT2D eigenvalue weighted by atomic mass is 10.0. The first-order valence-electron chi connectivity index (χ1n) is 7.80. The summed E-state index contributed by atoms with van der Waals surface area (Å²) in [6.45, 7) is 7.35. The van der Waals surface area contributed by atoms with Gasteiger partial charge in [-0.05, 0) is 50.9 Å². The maximum absolute atomic E-state index is 12.0. The molecule has 4 nitrogen and oxygen atoms in total. The van der Waals surface area contributed by atoms with Gasteiger partial charge in [0.15, 0.2) is 0 Å². The van der Waals surface area contributed by atoms with Gasteiger partial charge in [0.05, 0.1) is 19.1 Å². The molecular weight excluding hydrogens is 264 g/mol. The van der Waals surface area contributed by atoms with Crippen LogP contribution < -0.4 is 10.6 Å². The predicted molar refractivity (Wildman–Crippen MR) is 84.5 cm³/mol. The molecule has 1 heterocycles. The molecule has 1 fully saturated rings. The van der Waals surface area contributed by atoms with Crippen LogP contribution in [0, 0.1) is 13.8 Å². The van der Waals surface area contributed by atoms with Gasteiger partial charge < -0.3 is 15.4 Å². The number of aryl methyl sites for hydroxylation is 2. The van der Waals surface area contributed by atoms with Gasteiger partial charge in [-0.15, -0.1) is 0 Å². The first-order chi connectivity index (χ1) is 10.1.